The molecule has 0 aromatic heterocycles. The van der Waals surface area contributed by atoms with Crippen molar-refractivity contribution in [3.63, 3.8) is 0 Å². The van der Waals surface area contributed by atoms with Gasteiger partial charge < -0.3 is 10.8 Å². The lowest BCUT2D eigenvalue weighted by atomic mass is 9.85. The Morgan fingerprint density at radius 1 is 1.46 bits per heavy atom. The highest BCUT2D eigenvalue weighted by Gasteiger charge is 2.31. The van der Waals surface area contributed by atoms with Gasteiger partial charge in [0.15, 0.2) is 0 Å². The third kappa shape index (κ3) is 2.93. The molecule has 1 fully saturated rings. The molecule has 78 valence electrons. The first kappa shape index (κ1) is 11.0. The quantitative estimate of drug-likeness (QED) is 0.660. The molecule has 0 saturated heterocycles. The highest BCUT2D eigenvalue weighted by molar-refractivity contribution is 4.90. The summed E-state index contributed by atoms with van der Waals surface area (Å²) in [6.45, 7) is 5.72. The number of nitrogens with zero attached hydrogens (tertiary/aromatic N) is 1. The standard InChI is InChI=1S/C10H22N2O/c1-8(2)12(4-3-5-13)10-6-9(11)7-10/h8-10,13H,3-7,11H2,1-2H3. The predicted molar refractivity (Wildman–Crippen MR) is 54.5 cm³/mol. The zero-order valence-corrected chi connectivity index (χ0v) is 8.74. The minimum atomic E-state index is 0.294. The second-order valence-electron chi connectivity index (χ2n) is 4.29. The molecule has 3 N–H and O–H groups in total. The molecule has 1 rings (SSSR count). The van der Waals surface area contributed by atoms with Crippen LogP contribution in [0.2, 0.25) is 0 Å². The van der Waals surface area contributed by atoms with Gasteiger partial charge in [-0.2, -0.15) is 0 Å². The first-order chi connectivity index (χ1) is 6.15. The SMILES string of the molecule is CC(C)N(CCCO)C1CC(N)C1. The summed E-state index contributed by atoms with van der Waals surface area (Å²) in [5.41, 5.74) is 5.76. The molecule has 0 aromatic rings. The summed E-state index contributed by atoms with van der Waals surface area (Å²) in [4.78, 5) is 2.46. The Bertz CT molecular complexity index is 144. The predicted octanol–water partition coefficient (Wildman–Crippen LogP) is 0.569. The van der Waals surface area contributed by atoms with Crippen LogP contribution in [0.15, 0.2) is 0 Å². The molecule has 0 bridgehead atoms. The smallest absolute Gasteiger partial charge is 0.0443 e. The number of rotatable bonds is 5. The number of aliphatic hydroxyl groups is 1. The van der Waals surface area contributed by atoms with Crippen LogP contribution in [0.25, 0.3) is 0 Å². The maximum atomic E-state index is 8.77. The molecule has 0 aliphatic heterocycles. The van der Waals surface area contributed by atoms with Crippen LogP contribution in [-0.4, -0.2) is 41.3 Å². The van der Waals surface area contributed by atoms with Gasteiger partial charge >= 0.3 is 0 Å². The summed E-state index contributed by atoms with van der Waals surface area (Å²) in [6.07, 6.45) is 3.14. The maximum Gasteiger partial charge on any atom is 0.0443 e. The molecule has 13 heavy (non-hydrogen) atoms. The first-order valence-electron chi connectivity index (χ1n) is 5.27. The second kappa shape index (κ2) is 4.94. The van der Waals surface area contributed by atoms with Crippen LogP contribution >= 0.6 is 0 Å². The molecular weight excluding hydrogens is 164 g/mol. The Balaban J connectivity index is 2.30. The molecule has 0 radical (unpaired) electrons. The lowest BCUT2D eigenvalue weighted by Gasteiger charge is -2.43. The summed E-state index contributed by atoms with van der Waals surface area (Å²) in [5, 5.41) is 8.77. The molecule has 1 saturated carbocycles. The molecule has 3 nitrogen and oxygen atoms in total. The van der Waals surface area contributed by atoms with E-state index < -0.39 is 0 Å². The Hall–Kier alpha value is -0.120. The van der Waals surface area contributed by atoms with E-state index in [2.05, 4.69) is 18.7 Å². The highest BCUT2D eigenvalue weighted by Crippen LogP contribution is 2.25. The fourth-order valence-corrected chi connectivity index (χ4v) is 2.02. The van der Waals surface area contributed by atoms with Crippen molar-refractivity contribution in [2.75, 3.05) is 13.2 Å². The van der Waals surface area contributed by atoms with E-state index in [0.717, 1.165) is 25.8 Å². The largest absolute Gasteiger partial charge is 0.396 e. The van der Waals surface area contributed by atoms with Crippen molar-refractivity contribution in [1.29, 1.82) is 0 Å². The van der Waals surface area contributed by atoms with E-state index in [0.29, 0.717) is 24.7 Å². The average Bonchev–Trinajstić information content (AvgIpc) is 2.01. The van der Waals surface area contributed by atoms with Crippen molar-refractivity contribution in [2.45, 2.75) is 51.2 Å². The molecule has 0 heterocycles. The monoisotopic (exact) mass is 186 g/mol. The van der Waals surface area contributed by atoms with Gasteiger partial charge in [-0.05, 0) is 33.1 Å². The number of hydrogen-bond donors (Lipinski definition) is 2. The van der Waals surface area contributed by atoms with Gasteiger partial charge in [-0.25, -0.2) is 0 Å². The van der Waals surface area contributed by atoms with E-state index in [4.69, 9.17) is 10.8 Å². The van der Waals surface area contributed by atoms with E-state index in [1.807, 2.05) is 0 Å². The molecule has 1 aliphatic carbocycles. The second-order valence-corrected chi connectivity index (χ2v) is 4.29. The van der Waals surface area contributed by atoms with Crippen molar-refractivity contribution in [3.8, 4) is 0 Å². The number of aliphatic hydroxyl groups excluding tert-OH is 1. The van der Waals surface area contributed by atoms with Crippen molar-refractivity contribution >= 4 is 0 Å². The zero-order valence-electron chi connectivity index (χ0n) is 8.74. The van der Waals surface area contributed by atoms with E-state index in [1.54, 1.807) is 0 Å². The third-order valence-corrected chi connectivity index (χ3v) is 2.86. The molecule has 0 aromatic carbocycles. The molecule has 3 heteroatoms. The lowest BCUT2D eigenvalue weighted by molar-refractivity contribution is 0.0737. The van der Waals surface area contributed by atoms with Gasteiger partial charge in [-0.3, -0.25) is 4.90 Å². The van der Waals surface area contributed by atoms with E-state index >= 15 is 0 Å². The van der Waals surface area contributed by atoms with Gasteiger partial charge in [0, 0.05) is 31.3 Å². The molecular formula is C10H22N2O. The molecule has 0 spiro atoms. The lowest BCUT2D eigenvalue weighted by Crippen LogP contribution is -2.53. The maximum absolute atomic E-state index is 8.77. The van der Waals surface area contributed by atoms with Gasteiger partial charge in [0.2, 0.25) is 0 Å². The van der Waals surface area contributed by atoms with E-state index in [-0.39, 0.29) is 0 Å². The van der Waals surface area contributed by atoms with Crippen LogP contribution in [0, 0.1) is 0 Å². The van der Waals surface area contributed by atoms with Crippen molar-refractivity contribution < 1.29 is 5.11 Å². The summed E-state index contributed by atoms with van der Waals surface area (Å²) in [7, 11) is 0. The number of hydrogen-bond acceptors (Lipinski definition) is 3. The summed E-state index contributed by atoms with van der Waals surface area (Å²) >= 11 is 0. The summed E-state index contributed by atoms with van der Waals surface area (Å²) in [5.74, 6) is 0. The molecule has 0 amide bonds. The van der Waals surface area contributed by atoms with Crippen LogP contribution < -0.4 is 5.73 Å². The minimum absolute atomic E-state index is 0.294. The van der Waals surface area contributed by atoms with E-state index in [1.165, 1.54) is 0 Å². The Morgan fingerprint density at radius 3 is 2.46 bits per heavy atom. The van der Waals surface area contributed by atoms with Crippen molar-refractivity contribution in [1.82, 2.24) is 4.90 Å². The fraction of sp³-hybridized carbons (Fsp3) is 1.00. The van der Waals surface area contributed by atoms with Crippen LogP contribution in [0.1, 0.15) is 33.1 Å². The molecule has 0 atom stereocenters. The summed E-state index contributed by atoms with van der Waals surface area (Å²) in [6, 6.07) is 1.66. The zero-order chi connectivity index (χ0) is 9.84. The minimum Gasteiger partial charge on any atom is -0.396 e. The van der Waals surface area contributed by atoms with E-state index in [9.17, 15) is 0 Å². The highest BCUT2D eigenvalue weighted by atomic mass is 16.3. The van der Waals surface area contributed by atoms with Gasteiger partial charge in [-0.1, -0.05) is 0 Å². The first-order valence-corrected chi connectivity index (χ1v) is 5.27. The van der Waals surface area contributed by atoms with Crippen LogP contribution in [-0.2, 0) is 0 Å². The topological polar surface area (TPSA) is 49.5 Å². The van der Waals surface area contributed by atoms with Crippen LogP contribution in [0.4, 0.5) is 0 Å². The average molecular weight is 186 g/mol. The van der Waals surface area contributed by atoms with Gasteiger partial charge in [-0.15, -0.1) is 0 Å². The summed E-state index contributed by atoms with van der Waals surface area (Å²) < 4.78 is 0. The Kier molecular flexibility index (Phi) is 4.16. The fourth-order valence-electron chi connectivity index (χ4n) is 2.02. The van der Waals surface area contributed by atoms with Crippen LogP contribution in [0.3, 0.4) is 0 Å². The Labute approximate surface area is 80.9 Å². The van der Waals surface area contributed by atoms with Crippen molar-refractivity contribution in [2.24, 2.45) is 5.73 Å². The number of nitrogens with two attached hydrogens (primary N) is 1. The van der Waals surface area contributed by atoms with Gasteiger partial charge in [0.1, 0.15) is 0 Å². The van der Waals surface area contributed by atoms with Crippen LogP contribution in [0.5, 0.6) is 0 Å². The van der Waals surface area contributed by atoms with Crippen molar-refractivity contribution in [3.05, 3.63) is 0 Å². The molecule has 1 aliphatic rings. The van der Waals surface area contributed by atoms with Gasteiger partial charge in [0.25, 0.3) is 0 Å². The Morgan fingerprint density at radius 2 is 2.08 bits per heavy atom. The molecule has 0 unspecified atom stereocenters. The van der Waals surface area contributed by atoms with Gasteiger partial charge in [0.05, 0.1) is 0 Å². The third-order valence-electron chi connectivity index (χ3n) is 2.86. The normalized spacial score (nSPS) is 28.2.